The van der Waals surface area contributed by atoms with E-state index in [1.54, 1.807) is 24.3 Å². The van der Waals surface area contributed by atoms with E-state index in [1.807, 2.05) is 90.9 Å². The largest absolute Gasteiger partial charge is 0.485 e. The number of aryl methyl sites for hydroxylation is 3. The zero-order chi connectivity index (χ0) is 24.1. The Morgan fingerprint density at radius 3 is 1.75 bits per heavy atom. The quantitative estimate of drug-likeness (QED) is 0.419. The van der Waals surface area contributed by atoms with Gasteiger partial charge in [-0.25, -0.2) is 0 Å². The molecule has 0 unspecified atom stereocenters. The van der Waals surface area contributed by atoms with Crippen molar-refractivity contribution >= 4 is 17.4 Å². The molecule has 0 fully saturated rings. The summed E-state index contributed by atoms with van der Waals surface area (Å²) in [6, 6.07) is 20.1. The van der Waals surface area contributed by atoms with Crippen molar-refractivity contribution < 1.29 is 14.3 Å². The van der Waals surface area contributed by atoms with Crippen LogP contribution in [0.15, 0.2) is 66.7 Å². The molecule has 32 heavy (non-hydrogen) atoms. The molecule has 0 aromatic heterocycles. The number of anilines is 1. The van der Waals surface area contributed by atoms with Crippen molar-refractivity contribution in [3.8, 4) is 5.75 Å². The number of nitrogens with one attached hydrogen (secondary N) is 1. The summed E-state index contributed by atoms with van der Waals surface area (Å²) in [6.07, 6.45) is 0. The average molecular weight is 434 g/mol. The number of amides is 1. The molecule has 0 heterocycles. The predicted molar refractivity (Wildman–Crippen MR) is 134 cm³/mol. The Bertz CT molecular complexity index is 987. The van der Waals surface area contributed by atoms with Gasteiger partial charge in [0.05, 0.1) is 0 Å². The summed E-state index contributed by atoms with van der Waals surface area (Å²) in [5.41, 5.74) is 4.77. The Balaban J connectivity index is 0.00000121. The Hall–Kier alpha value is -3.40. The van der Waals surface area contributed by atoms with Crippen molar-refractivity contribution in [2.24, 2.45) is 0 Å². The number of carbonyl (C=O) groups is 2. The van der Waals surface area contributed by atoms with Crippen LogP contribution in [0.25, 0.3) is 0 Å². The fourth-order valence-electron chi connectivity index (χ4n) is 2.96. The molecule has 0 bridgehead atoms. The molecule has 0 saturated heterocycles. The molecule has 0 aliphatic heterocycles. The van der Waals surface area contributed by atoms with E-state index in [2.05, 4.69) is 5.32 Å². The molecule has 4 nitrogen and oxygen atoms in total. The lowest BCUT2D eigenvalue weighted by Gasteiger charge is -2.11. The molecule has 4 heteroatoms. The Labute approximate surface area is 192 Å². The first-order valence-corrected chi connectivity index (χ1v) is 11.1. The molecule has 1 N–H and O–H groups in total. The summed E-state index contributed by atoms with van der Waals surface area (Å²) >= 11 is 0. The molecular weight excluding hydrogens is 398 g/mol. The summed E-state index contributed by atoms with van der Waals surface area (Å²) in [5.74, 6) is 0.402. The summed E-state index contributed by atoms with van der Waals surface area (Å²) in [4.78, 5) is 24.8. The lowest BCUT2D eigenvalue weighted by Crippen LogP contribution is -2.15. The number of hydrogen-bond acceptors (Lipinski definition) is 3. The number of benzene rings is 3. The van der Waals surface area contributed by atoms with E-state index in [4.69, 9.17) is 4.74 Å². The van der Waals surface area contributed by atoms with E-state index >= 15 is 0 Å². The van der Waals surface area contributed by atoms with Gasteiger partial charge in [-0.1, -0.05) is 76.2 Å². The third-order valence-electron chi connectivity index (χ3n) is 4.62. The zero-order valence-electron chi connectivity index (χ0n) is 20.3. The van der Waals surface area contributed by atoms with E-state index in [9.17, 15) is 9.59 Å². The van der Waals surface area contributed by atoms with Crippen LogP contribution < -0.4 is 10.1 Å². The first kappa shape index (κ1) is 26.6. The van der Waals surface area contributed by atoms with Gasteiger partial charge in [-0.05, 0) is 55.7 Å². The molecule has 0 saturated carbocycles. The molecule has 0 aliphatic carbocycles. The highest BCUT2D eigenvalue weighted by molar-refractivity contribution is 6.05. The summed E-state index contributed by atoms with van der Waals surface area (Å²) in [5, 5.41) is 2.89. The second-order valence-electron chi connectivity index (χ2n) is 6.78. The molecule has 3 rings (SSSR count). The smallest absolute Gasteiger partial charge is 0.255 e. The highest BCUT2D eigenvalue weighted by atomic mass is 16.5. The Morgan fingerprint density at radius 1 is 0.688 bits per heavy atom. The van der Waals surface area contributed by atoms with E-state index in [0.29, 0.717) is 11.1 Å². The number of rotatable bonds is 6. The van der Waals surface area contributed by atoms with Gasteiger partial charge < -0.3 is 10.1 Å². The summed E-state index contributed by atoms with van der Waals surface area (Å²) in [7, 11) is 0. The van der Waals surface area contributed by atoms with Gasteiger partial charge in [0, 0.05) is 16.8 Å². The number of ether oxygens (including phenoxy) is 1. The number of para-hydroxylation sites is 2. The van der Waals surface area contributed by atoms with Crippen LogP contribution in [0.2, 0.25) is 0 Å². The van der Waals surface area contributed by atoms with Crippen LogP contribution in [-0.4, -0.2) is 18.3 Å². The number of ketones is 1. The van der Waals surface area contributed by atoms with Gasteiger partial charge in [-0.2, -0.15) is 0 Å². The van der Waals surface area contributed by atoms with Crippen LogP contribution in [0, 0.1) is 20.8 Å². The third-order valence-corrected chi connectivity index (χ3v) is 4.62. The minimum atomic E-state index is -0.208. The molecule has 3 aromatic rings. The van der Waals surface area contributed by atoms with Gasteiger partial charge in [0.15, 0.2) is 12.4 Å². The monoisotopic (exact) mass is 433 g/mol. The minimum Gasteiger partial charge on any atom is -0.485 e. The van der Waals surface area contributed by atoms with Crippen molar-refractivity contribution in [2.75, 3.05) is 11.9 Å². The van der Waals surface area contributed by atoms with Crippen LogP contribution in [0.3, 0.4) is 0 Å². The molecule has 0 aliphatic rings. The lowest BCUT2D eigenvalue weighted by molar-refractivity contribution is 0.0919. The van der Waals surface area contributed by atoms with Crippen LogP contribution in [-0.2, 0) is 0 Å². The van der Waals surface area contributed by atoms with Crippen LogP contribution in [0.4, 0.5) is 5.69 Å². The van der Waals surface area contributed by atoms with E-state index in [1.165, 1.54) is 0 Å². The second-order valence-corrected chi connectivity index (χ2v) is 6.78. The minimum absolute atomic E-state index is 0.0412. The predicted octanol–water partition coefficient (Wildman–Crippen LogP) is 7.18. The number of Topliss-reactive ketones (excluding diaryl/α,β-unsaturated/α-hetero) is 1. The Morgan fingerprint density at radius 2 is 1.19 bits per heavy atom. The van der Waals surface area contributed by atoms with Crippen molar-refractivity contribution in [3.05, 3.63) is 94.5 Å². The van der Waals surface area contributed by atoms with E-state index < -0.39 is 0 Å². The van der Waals surface area contributed by atoms with E-state index in [0.717, 1.165) is 28.1 Å². The molecule has 0 atom stereocenters. The highest BCUT2D eigenvalue weighted by Gasteiger charge is 2.12. The molecule has 0 spiro atoms. The molecule has 170 valence electrons. The van der Waals surface area contributed by atoms with E-state index in [-0.39, 0.29) is 18.3 Å². The SMILES string of the molecule is CC.CC.Cc1ccccc1NC(=O)c1ccc(C(=O)COc2c(C)cccc2C)cc1. The third kappa shape index (κ3) is 7.38. The second kappa shape index (κ2) is 13.8. The van der Waals surface area contributed by atoms with Gasteiger partial charge in [0.1, 0.15) is 5.75 Å². The van der Waals surface area contributed by atoms with Crippen molar-refractivity contribution in [3.63, 3.8) is 0 Å². The van der Waals surface area contributed by atoms with Gasteiger partial charge >= 0.3 is 0 Å². The lowest BCUT2D eigenvalue weighted by atomic mass is 10.1. The van der Waals surface area contributed by atoms with Crippen LogP contribution in [0.5, 0.6) is 5.75 Å². The number of hydrogen-bond donors (Lipinski definition) is 1. The fraction of sp³-hybridized carbons (Fsp3) is 0.286. The van der Waals surface area contributed by atoms with Gasteiger partial charge in [0.25, 0.3) is 5.91 Å². The highest BCUT2D eigenvalue weighted by Crippen LogP contribution is 2.22. The van der Waals surface area contributed by atoms with Crippen LogP contribution in [0.1, 0.15) is 65.1 Å². The maximum Gasteiger partial charge on any atom is 0.255 e. The molecule has 1 amide bonds. The first-order valence-electron chi connectivity index (χ1n) is 11.1. The molecular formula is C28H35NO3. The standard InChI is InChI=1S/C24H23NO3.2C2H6/c1-16-7-4-5-10-21(16)25-24(27)20-13-11-19(12-14-20)22(26)15-28-23-17(2)8-6-9-18(23)3;2*1-2/h4-14H,15H2,1-3H3,(H,25,27);2*1-2H3. The summed E-state index contributed by atoms with van der Waals surface area (Å²) < 4.78 is 5.72. The van der Waals surface area contributed by atoms with Crippen molar-refractivity contribution in [2.45, 2.75) is 48.5 Å². The first-order chi connectivity index (χ1) is 15.5. The summed E-state index contributed by atoms with van der Waals surface area (Å²) in [6.45, 7) is 13.8. The van der Waals surface area contributed by atoms with Gasteiger partial charge in [-0.15, -0.1) is 0 Å². The van der Waals surface area contributed by atoms with Crippen LogP contribution >= 0.6 is 0 Å². The van der Waals surface area contributed by atoms with Crippen molar-refractivity contribution in [1.82, 2.24) is 0 Å². The zero-order valence-corrected chi connectivity index (χ0v) is 20.3. The van der Waals surface area contributed by atoms with Gasteiger partial charge in [-0.3, -0.25) is 9.59 Å². The Kier molecular flexibility index (Phi) is 11.5. The maximum atomic E-state index is 12.4. The molecule has 3 aromatic carbocycles. The average Bonchev–Trinajstić information content (AvgIpc) is 2.83. The van der Waals surface area contributed by atoms with Gasteiger partial charge in [0.2, 0.25) is 0 Å². The topological polar surface area (TPSA) is 55.4 Å². The molecule has 0 radical (unpaired) electrons. The maximum absolute atomic E-state index is 12.4. The van der Waals surface area contributed by atoms with Crippen molar-refractivity contribution in [1.29, 1.82) is 0 Å². The number of carbonyl (C=O) groups excluding carboxylic acids is 2. The fourth-order valence-corrected chi connectivity index (χ4v) is 2.96. The normalized spacial score (nSPS) is 9.47.